The van der Waals surface area contributed by atoms with Crippen LogP contribution in [0, 0.1) is 0 Å². The summed E-state index contributed by atoms with van der Waals surface area (Å²) in [5, 5.41) is 9.35. The van der Waals surface area contributed by atoms with E-state index in [9.17, 15) is 18.3 Å². The molecule has 0 radical (unpaired) electrons. The number of alkyl halides is 3. The Morgan fingerprint density at radius 2 is 1.62 bits per heavy atom. The van der Waals surface area contributed by atoms with Gasteiger partial charge in [0.2, 0.25) is 0 Å². The largest absolute Gasteiger partial charge is 0.421 e. The van der Waals surface area contributed by atoms with Gasteiger partial charge in [0, 0.05) is 23.9 Å². The highest BCUT2D eigenvalue weighted by molar-refractivity contribution is 5.17. The zero-order chi connectivity index (χ0) is 12.6. The first-order chi connectivity index (χ1) is 7.16. The molecule has 1 rings (SSSR count). The molecule has 0 aromatic carbocycles. The Morgan fingerprint density at radius 1 is 1.19 bits per heavy atom. The smallest absolute Gasteiger partial charge is 0.376 e. The molecule has 1 N–H and O–H groups in total. The van der Waals surface area contributed by atoms with E-state index in [1.165, 1.54) is 0 Å². The van der Waals surface area contributed by atoms with Gasteiger partial charge in [0.1, 0.15) is 5.82 Å². The summed E-state index contributed by atoms with van der Waals surface area (Å²) in [5.41, 5.74) is -3.27. The number of rotatable bonds is 2. The normalized spacial score (nSPS) is 16.2. The predicted octanol–water partition coefficient (Wildman–Crippen LogP) is 2.37. The maximum atomic E-state index is 12.5. The van der Waals surface area contributed by atoms with Gasteiger partial charge in [-0.25, -0.2) is 9.97 Å². The van der Waals surface area contributed by atoms with E-state index in [2.05, 4.69) is 9.97 Å². The maximum Gasteiger partial charge on any atom is 0.421 e. The fourth-order valence-corrected chi connectivity index (χ4v) is 1.05. The van der Waals surface area contributed by atoms with Crippen LogP contribution >= 0.6 is 0 Å². The van der Waals surface area contributed by atoms with Crippen molar-refractivity contribution in [2.24, 2.45) is 0 Å². The summed E-state index contributed by atoms with van der Waals surface area (Å²) in [6.45, 7) is 4.34. The van der Waals surface area contributed by atoms with E-state index in [1.54, 1.807) is 0 Å². The van der Waals surface area contributed by atoms with E-state index in [-0.39, 0.29) is 11.5 Å². The summed E-state index contributed by atoms with van der Waals surface area (Å²) >= 11 is 0. The van der Waals surface area contributed by atoms with Crippen molar-refractivity contribution in [3.63, 3.8) is 0 Å². The molecule has 1 heterocycles. The Morgan fingerprint density at radius 3 is 1.94 bits per heavy atom. The van der Waals surface area contributed by atoms with Crippen molar-refractivity contribution >= 4 is 0 Å². The van der Waals surface area contributed by atoms with Gasteiger partial charge in [-0.3, -0.25) is 0 Å². The van der Waals surface area contributed by atoms with E-state index in [1.807, 2.05) is 13.8 Å². The summed E-state index contributed by atoms with van der Waals surface area (Å²) in [6, 6.07) is 0. The molecule has 90 valence electrons. The van der Waals surface area contributed by atoms with Gasteiger partial charge in [-0.15, -0.1) is 0 Å². The second-order valence-electron chi connectivity index (χ2n) is 4.05. The zero-order valence-electron chi connectivity index (χ0n) is 9.21. The number of hydrogen-bond donors (Lipinski definition) is 1. The van der Waals surface area contributed by atoms with Crippen molar-refractivity contribution < 1.29 is 18.3 Å². The highest BCUT2D eigenvalue weighted by atomic mass is 19.4. The number of aromatic nitrogens is 2. The first-order valence-corrected chi connectivity index (χ1v) is 4.77. The third-order valence-corrected chi connectivity index (χ3v) is 2.30. The van der Waals surface area contributed by atoms with Crippen molar-refractivity contribution in [2.75, 3.05) is 0 Å². The lowest BCUT2D eigenvalue weighted by Crippen LogP contribution is -2.39. The van der Waals surface area contributed by atoms with Crippen LogP contribution in [0.4, 0.5) is 13.2 Å². The molecule has 1 aromatic heterocycles. The molecule has 0 bridgehead atoms. The molecule has 16 heavy (non-hydrogen) atoms. The SMILES string of the molecule is CC(C)c1ncc(C(C)(O)C(F)(F)F)cn1. The third kappa shape index (κ3) is 2.32. The highest BCUT2D eigenvalue weighted by Gasteiger charge is 2.51. The molecule has 1 unspecified atom stereocenters. The molecule has 0 aliphatic carbocycles. The van der Waals surface area contributed by atoms with Crippen LogP contribution in [-0.2, 0) is 5.60 Å². The van der Waals surface area contributed by atoms with E-state index in [0.29, 0.717) is 12.7 Å². The first-order valence-electron chi connectivity index (χ1n) is 4.77. The Labute approximate surface area is 91.4 Å². The van der Waals surface area contributed by atoms with Gasteiger partial charge in [-0.2, -0.15) is 13.2 Å². The van der Waals surface area contributed by atoms with E-state index in [4.69, 9.17) is 0 Å². The molecule has 0 aliphatic rings. The average Bonchev–Trinajstić information content (AvgIpc) is 2.16. The second kappa shape index (κ2) is 4.01. The topological polar surface area (TPSA) is 46.0 Å². The maximum absolute atomic E-state index is 12.5. The molecule has 1 atom stereocenters. The van der Waals surface area contributed by atoms with Gasteiger partial charge >= 0.3 is 6.18 Å². The van der Waals surface area contributed by atoms with E-state index >= 15 is 0 Å². The van der Waals surface area contributed by atoms with Gasteiger partial charge in [0.05, 0.1) is 0 Å². The summed E-state index contributed by atoms with van der Waals surface area (Å²) < 4.78 is 37.4. The van der Waals surface area contributed by atoms with Gasteiger partial charge in [-0.1, -0.05) is 13.8 Å². The van der Waals surface area contributed by atoms with Crippen molar-refractivity contribution in [1.29, 1.82) is 0 Å². The second-order valence-corrected chi connectivity index (χ2v) is 4.05. The third-order valence-electron chi connectivity index (χ3n) is 2.30. The highest BCUT2D eigenvalue weighted by Crippen LogP contribution is 2.37. The van der Waals surface area contributed by atoms with Crippen LogP contribution < -0.4 is 0 Å². The lowest BCUT2D eigenvalue weighted by atomic mass is 9.98. The standard InChI is InChI=1S/C10H13F3N2O/c1-6(2)8-14-4-7(5-15-8)9(3,16)10(11,12)13/h4-6,16H,1-3H3. The molecule has 0 saturated carbocycles. The zero-order valence-corrected chi connectivity index (χ0v) is 9.21. The fourth-order valence-electron chi connectivity index (χ4n) is 1.05. The Bertz CT molecular complexity index is 357. The van der Waals surface area contributed by atoms with Crippen LogP contribution in [0.2, 0.25) is 0 Å². The molecule has 0 saturated heterocycles. The molecule has 0 amide bonds. The van der Waals surface area contributed by atoms with Crippen LogP contribution in [0.15, 0.2) is 12.4 Å². The van der Waals surface area contributed by atoms with Gasteiger partial charge < -0.3 is 5.11 Å². The fraction of sp³-hybridized carbons (Fsp3) is 0.600. The van der Waals surface area contributed by atoms with Crippen molar-refractivity contribution in [3.8, 4) is 0 Å². The molecule has 0 spiro atoms. The van der Waals surface area contributed by atoms with Crippen molar-refractivity contribution in [2.45, 2.75) is 38.5 Å². The summed E-state index contributed by atoms with van der Waals surface area (Å²) in [5.74, 6) is 0.478. The Hall–Kier alpha value is -1.17. The monoisotopic (exact) mass is 234 g/mol. The summed E-state index contributed by atoms with van der Waals surface area (Å²) in [4.78, 5) is 7.57. The minimum Gasteiger partial charge on any atom is -0.376 e. The Kier molecular flexibility index (Phi) is 3.23. The van der Waals surface area contributed by atoms with E-state index < -0.39 is 11.8 Å². The van der Waals surface area contributed by atoms with Crippen LogP contribution in [0.5, 0.6) is 0 Å². The number of hydrogen-bond acceptors (Lipinski definition) is 3. The molecule has 0 fully saturated rings. The van der Waals surface area contributed by atoms with Gasteiger partial charge in [0.25, 0.3) is 0 Å². The molecular weight excluding hydrogens is 221 g/mol. The minimum atomic E-state index is -4.74. The summed E-state index contributed by atoms with van der Waals surface area (Å²) in [7, 11) is 0. The number of aliphatic hydroxyl groups is 1. The number of halogens is 3. The molecule has 6 heteroatoms. The van der Waals surface area contributed by atoms with Crippen molar-refractivity contribution in [3.05, 3.63) is 23.8 Å². The van der Waals surface area contributed by atoms with Crippen LogP contribution in [0.1, 0.15) is 38.1 Å². The quantitative estimate of drug-likeness (QED) is 0.854. The Balaban J connectivity index is 3.07. The first kappa shape index (κ1) is 12.9. The van der Waals surface area contributed by atoms with E-state index in [0.717, 1.165) is 12.4 Å². The molecular formula is C10H13F3N2O. The summed E-state index contributed by atoms with van der Waals surface area (Å²) in [6.07, 6.45) is -2.72. The van der Waals surface area contributed by atoms with Gasteiger partial charge in [-0.05, 0) is 6.92 Å². The van der Waals surface area contributed by atoms with Crippen LogP contribution in [-0.4, -0.2) is 21.3 Å². The lowest BCUT2D eigenvalue weighted by molar-refractivity contribution is -0.259. The molecule has 1 aromatic rings. The molecule has 0 aliphatic heterocycles. The average molecular weight is 234 g/mol. The van der Waals surface area contributed by atoms with Gasteiger partial charge in [0.15, 0.2) is 5.60 Å². The predicted molar refractivity (Wildman–Crippen MR) is 51.7 cm³/mol. The molecule has 3 nitrogen and oxygen atoms in total. The lowest BCUT2D eigenvalue weighted by Gasteiger charge is -2.26. The number of nitrogens with zero attached hydrogens (tertiary/aromatic N) is 2. The van der Waals surface area contributed by atoms with Crippen LogP contribution in [0.25, 0.3) is 0 Å². The van der Waals surface area contributed by atoms with Crippen LogP contribution in [0.3, 0.4) is 0 Å². The minimum absolute atomic E-state index is 0.0323. The van der Waals surface area contributed by atoms with Crippen molar-refractivity contribution in [1.82, 2.24) is 9.97 Å².